The number of hydrogen-bond donors (Lipinski definition) is 0. The van der Waals surface area contributed by atoms with Gasteiger partial charge in [0.05, 0.1) is 31.5 Å². The highest BCUT2D eigenvalue weighted by Crippen LogP contribution is 2.30. The van der Waals surface area contributed by atoms with E-state index in [-0.39, 0.29) is 17.1 Å². The molecule has 3 rings (SSSR count). The molecule has 0 aliphatic heterocycles. The topological polar surface area (TPSA) is 97.4 Å². The molecule has 0 fully saturated rings. The van der Waals surface area contributed by atoms with Crippen molar-refractivity contribution in [2.75, 3.05) is 20.3 Å². The minimum atomic E-state index is -0.580. The average molecular weight is 617 g/mol. The normalized spacial score (nSPS) is 10.6. The van der Waals surface area contributed by atoms with Crippen LogP contribution in [0.15, 0.2) is 73.3 Å². The monoisotopic (exact) mass is 616 g/mol. The predicted octanol–water partition coefficient (Wildman–Crippen LogP) is 8.23. The van der Waals surface area contributed by atoms with Crippen LogP contribution in [-0.4, -0.2) is 38.2 Å². The lowest BCUT2D eigenvalue weighted by Crippen LogP contribution is -2.12. The second-order valence-corrected chi connectivity index (χ2v) is 10.7. The number of methoxy groups -OCH3 is 1. The number of aryl methyl sites for hydroxylation is 2. The third-order valence-corrected chi connectivity index (χ3v) is 7.17. The van der Waals surface area contributed by atoms with Gasteiger partial charge < -0.3 is 23.7 Å². The molecule has 0 atom stereocenters. The van der Waals surface area contributed by atoms with Crippen molar-refractivity contribution in [2.24, 2.45) is 0 Å². The van der Waals surface area contributed by atoms with Crippen molar-refractivity contribution in [3.8, 4) is 23.0 Å². The molecule has 0 aliphatic rings. The van der Waals surface area contributed by atoms with Crippen molar-refractivity contribution >= 4 is 17.9 Å². The summed E-state index contributed by atoms with van der Waals surface area (Å²) in [5.74, 6) is -0.0705. The summed E-state index contributed by atoms with van der Waals surface area (Å²) in [6, 6.07) is 17.1. The van der Waals surface area contributed by atoms with Gasteiger partial charge in [-0.2, -0.15) is 0 Å². The molecule has 0 N–H and O–H groups in total. The smallest absolute Gasteiger partial charge is 0.343 e. The lowest BCUT2D eigenvalue weighted by molar-refractivity contribution is -0.137. The van der Waals surface area contributed by atoms with Gasteiger partial charge in [-0.1, -0.05) is 57.7 Å². The molecule has 0 radical (unpaired) electrons. The molecular weight excluding hydrogens is 572 g/mol. The second-order valence-electron chi connectivity index (χ2n) is 10.7. The molecule has 8 heteroatoms. The van der Waals surface area contributed by atoms with Gasteiger partial charge in [0.2, 0.25) is 0 Å². The van der Waals surface area contributed by atoms with E-state index in [1.807, 2.05) is 19.1 Å². The molecule has 0 aromatic heterocycles. The summed E-state index contributed by atoms with van der Waals surface area (Å²) in [6.07, 6.45) is 11.0. The van der Waals surface area contributed by atoms with E-state index >= 15 is 0 Å². The van der Waals surface area contributed by atoms with Gasteiger partial charge in [-0.05, 0) is 92.3 Å². The van der Waals surface area contributed by atoms with Crippen molar-refractivity contribution in [3.63, 3.8) is 0 Å². The summed E-state index contributed by atoms with van der Waals surface area (Å²) >= 11 is 0. The summed E-state index contributed by atoms with van der Waals surface area (Å²) in [5, 5.41) is 0. The first-order valence-electron chi connectivity index (χ1n) is 15.6. The van der Waals surface area contributed by atoms with Crippen molar-refractivity contribution in [2.45, 2.75) is 71.6 Å². The van der Waals surface area contributed by atoms with Crippen LogP contribution in [-0.2, 0) is 16.0 Å². The van der Waals surface area contributed by atoms with E-state index in [1.54, 1.807) is 30.3 Å². The van der Waals surface area contributed by atoms with Crippen molar-refractivity contribution in [3.05, 3.63) is 95.6 Å². The van der Waals surface area contributed by atoms with Crippen molar-refractivity contribution < 1.29 is 38.1 Å². The van der Waals surface area contributed by atoms with Crippen LogP contribution in [0.3, 0.4) is 0 Å². The van der Waals surface area contributed by atoms with Crippen LogP contribution in [0.2, 0.25) is 0 Å². The summed E-state index contributed by atoms with van der Waals surface area (Å²) in [5.41, 5.74) is 2.58. The van der Waals surface area contributed by atoms with Gasteiger partial charge in [-0.3, -0.25) is 0 Å². The fraction of sp³-hybridized carbons (Fsp3) is 0.378. The molecule has 0 heterocycles. The number of carbonyl (C=O) groups excluding carboxylic acids is 3. The zero-order chi connectivity index (χ0) is 32.4. The molecule has 0 spiro atoms. The molecule has 3 aromatic rings. The van der Waals surface area contributed by atoms with Gasteiger partial charge in [-0.15, -0.1) is 0 Å². The molecule has 0 amide bonds. The predicted molar refractivity (Wildman–Crippen MR) is 173 cm³/mol. The van der Waals surface area contributed by atoms with Crippen molar-refractivity contribution in [1.82, 2.24) is 0 Å². The van der Waals surface area contributed by atoms with Gasteiger partial charge in [0.25, 0.3) is 0 Å². The Balaban J connectivity index is 1.51. The number of rotatable bonds is 19. The van der Waals surface area contributed by atoms with Gasteiger partial charge in [0.15, 0.2) is 11.5 Å². The van der Waals surface area contributed by atoms with E-state index in [0.29, 0.717) is 43.1 Å². The molecule has 0 saturated carbocycles. The van der Waals surface area contributed by atoms with E-state index in [2.05, 4.69) is 13.5 Å². The first kappa shape index (κ1) is 34.9. The van der Waals surface area contributed by atoms with Crippen LogP contribution in [0.5, 0.6) is 23.0 Å². The van der Waals surface area contributed by atoms with Gasteiger partial charge in [0.1, 0.15) is 11.5 Å². The van der Waals surface area contributed by atoms with E-state index in [9.17, 15) is 14.4 Å². The quantitative estimate of drug-likeness (QED) is 0.0575. The minimum absolute atomic E-state index is 0.174. The maximum atomic E-state index is 12.9. The van der Waals surface area contributed by atoms with Crippen LogP contribution in [0.25, 0.3) is 0 Å². The molecule has 240 valence electrons. The van der Waals surface area contributed by atoms with Crippen LogP contribution in [0, 0.1) is 6.92 Å². The highest BCUT2D eigenvalue weighted by Gasteiger charge is 2.17. The van der Waals surface area contributed by atoms with E-state index < -0.39 is 17.9 Å². The van der Waals surface area contributed by atoms with Crippen molar-refractivity contribution in [1.29, 1.82) is 0 Å². The number of esters is 3. The average Bonchev–Trinajstić information content (AvgIpc) is 3.05. The summed E-state index contributed by atoms with van der Waals surface area (Å²) < 4.78 is 27.3. The standard InChI is InChI=1S/C37H44O8/c1-5-7-8-9-10-11-14-28-15-19-31(20-16-28)44-36(39)30-18-22-33(34(26-30)41-4)45-37(40)29-17-21-32(27(3)25-29)42-23-12-13-24-43-35(38)6-2/h6,15-22,25-26H,2,5,7-14,23-24H2,1,3-4H3. The second kappa shape index (κ2) is 18.9. The van der Waals surface area contributed by atoms with Crippen LogP contribution < -0.4 is 18.9 Å². The lowest BCUT2D eigenvalue weighted by atomic mass is 10.0. The first-order chi connectivity index (χ1) is 21.8. The Morgan fingerprint density at radius 1 is 0.711 bits per heavy atom. The Labute approximate surface area is 266 Å². The highest BCUT2D eigenvalue weighted by atomic mass is 16.6. The number of ether oxygens (including phenoxy) is 5. The van der Waals surface area contributed by atoms with Crippen LogP contribution >= 0.6 is 0 Å². The summed E-state index contributed by atoms with van der Waals surface area (Å²) in [6.45, 7) is 8.15. The first-order valence-corrected chi connectivity index (χ1v) is 15.6. The molecule has 0 aliphatic carbocycles. The largest absolute Gasteiger partial charge is 0.493 e. The third kappa shape index (κ3) is 11.8. The number of benzene rings is 3. The van der Waals surface area contributed by atoms with Crippen LogP contribution in [0.4, 0.5) is 0 Å². The molecule has 0 saturated heterocycles. The maximum Gasteiger partial charge on any atom is 0.343 e. The third-order valence-electron chi connectivity index (χ3n) is 7.17. The summed E-state index contributed by atoms with van der Waals surface area (Å²) in [7, 11) is 1.43. The zero-order valence-electron chi connectivity index (χ0n) is 26.6. The summed E-state index contributed by atoms with van der Waals surface area (Å²) in [4.78, 5) is 36.8. The molecule has 0 unspecified atom stereocenters. The SMILES string of the molecule is C=CC(=O)OCCCCOc1ccc(C(=O)Oc2ccc(C(=O)Oc3ccc(CCCCCCCC)cc3)cc2OC)cc1C. The number of hydrogen-bond acceptors (Lipinski definition) is 8. The molecule has 0 bridgehead atoms. The van der Waals surface area contributed by atoms with E-state index in [0.717, 1.165) is 24.5 Å². The van der Waals surface area contributed by atoms with Gasteiger partial charge >= 0.3 is 17.9 Å². The van der Waals surface area contributed by atoms with Gasteiger partial charge in [-0.25, -0.2) is 14.4 Å². The lowest BCUT2D eigenvalue weighted by Gasteiger charge is -2.13. The Kier molecular flexibility index (Phi) is 14.7. The highest BCUT2D eigenvalue weighted by molar-refractivity contribution is 5.93. The Hall–Kier alpha value is -4.59. The minimum Gasteiger partial charge on any atom is -0.493 e. The molecular formula is C37H44O8. The molecule has 45 heavy (non-hydrogen) atoms. The van der Waals surface area contributed by atoms with E-state index in [1.165, 1.54) is 63.0 Å². The zero-order valence-corrected chi connectivity index (χ0v) is 26.6. The Bertz CT molecular complexity index is 1410. The maximum absolute atomic E-state index is 12.9. The number of unbranched alkanes of at least 4 members (excludes halogenated alkanes) is 6. The fourth-order valence-corrected chi connectivity index (χ4v) is 4.59. The number of carbonyl (C=O) groups is 3. The molecule has 8 nitrogen and oxygen atoms in total. The molecule has 3 aromatic carbocycles. The Morgan fingerprint density at radius 2 is 1.36 bits per heavy atom. The van der Waals surface area contributed by atoms with E-state index in [4.69, 9.17) is 23.7 Å². The van der Waals surface area contributed by atoms with Crippen LogP contribution in [0.1, 0.15) is 90.1 Å². The van der Waals surface area contributed by atoms with Gasteiger partial charge in [0, 0.05) is 6.08 Å². The fourth-order valence-electron chi connectivity index (χ4n) is 4.59. The Morgan fingerprint density at radius 3 is 2.04 bits per heavy atom.